The fourth-order valence-electron chi connectivity index (χ4n) is 3.66. The molecule has 1 fully saturated rings. The normalized spacial score (nSPS) is 14.3. The summed E-state index contributed by atoms with van der Waals surface area (Å²) in [4.78, 5) is 39.1. The van der Waals surface area contributed by atoms with E-state index in [4.69, 9.17) is 5.73 Å². The second-order valence-corrected chi connectivity index (χ2v) is 9.19. The van der Waals surface area contributed by atoms with E-state index < -0.39 is 0 Å². The van der Waals surface area contributed by atoms with Crippen LogP contribution >= 0.6 is 11.8 Å². The third kappa shape index (κ3) is 6.50. The molecule has 0 saturated carbocycles. The Morgan fingerprint density at radius 2 is 1.72 bits per heavy atom. The first-order chi connectivity index (χ1) is 15.3. The lowest BCUT2D eigenvalue weighted by Gasteiger charge is -2.32. The summed E-state index contributed by atoms with van der Waals surface area (Å²) < 4.78 is 0. The van der Waals surface area contributed by atoms with Crippen LogP contribution in [0.1, 0.15) is 37.0 Å². The van der Waals surface area contributed by atoms with Gasteiger partial charge in [-0.25, -0.2) is 0 Å². The van der Waals surface area contributed by atoms with E-state index in [1.807, 2.05) is 56.3 Å². The maximum Gasteiger partial charge on any atom is 0.256 e. The summed E-state index contributed by atoms with van der Waals surface area (Å²) in [6.07, 6.45) is 1.52. The number of carbonyl (C=O) groups is 3. The highest BCUT2D eigenvalue weighted by molar-refractivity contribution is 8.00. The van der Waals surface area contributed by atoms with Gasteiger partial charge in [0.1, 0.15) is 0 Å². The van der Waals surface area contributed by atoms with E-state index in [9.17, 15) is 14.4 Å². The van der Waals surface area contributed by atoms with Crippen LogP contribution in [-0.4, -0.2) is 42.6 Å². The van der Waals surface area contributed by atoms with Gasteiger partial charge in [-0.1, -0.05) is 12.1 Å². The number of nitrogens with two attached hydrogens (primary N) is 1. The third-order valence-corrected chi connectivity index (χ3v) is 6.40. The number of amides is 3. The van der Waals surface area contributed by atoms with Gasteiger partial charge in [-0.2, -0.15) is 0 Å². The standard InChI is InChI=1S/C24H30N4O3S/c1-16(2)26-22(29)15-32-21-6-4-3-5-20(21)24(31)27-18-7-9-19(10-8-18)28-13-11-17(12-14-28)23(25)30/h3-10,16-17H,11-15H2,1-2H3,(H2,25,30)(H,26,29)(H,27,31). The van der Waals surface area contributed by atoms with Gasteiger partial charge in [0, 0.05) is 41.3 Å². The summed E-state index contributed by atoms with van der Waals surface area (Å²) >= 11 is 1.35. The Labute approximate surface area is 193 Å². The van der Waals surface area contributed by atoms with E-state index in [1.165, 1.54) is 11.8 Å². The first-order valence-electron chi connectivity index (χ1n) is 10.8. The van der Waals surface area contributed by atoms with Crippen molar-refractivity contribution in [3.8, 4) is 0 Å². The van der Waals surface area contributed by atoms with Crippen LogP contribution in [0.25, 0.3) is 0 Å². The van der Waals surface area contributed by atoms with Gasteiger partial charge in [-0.05, 0) is 63.1 Å². The van der Waals surface area contributed by atoms with Crippen LogP contribution in [0.4, 0.5) is 11.4 Å². The summed E-state index contributed by atoms with van der Waals surface area (Å²) in [7, 11) is 0. The van der Waals surface area contributed by atoms with Crippen LogP contribution in [0, 0.1) is 5.92 Å². The molecule has 3 rings (SSSR count). The topological polar surface area (TPSA) is 105 Å². The van der Waals surface area contributed by atoms with E-state index in [0.717, 1.165) is 36.5 Å². The number of carbonyl (C=O) groups excluding carboxylic acids is 3. The first-order valence-corrected chi connectivity index (χ1v) is 11.8. The van der Waals surface area contributed by atoms with Crippen molar-refractivity contribution in [1.82, 2.24) is 5.32 Å². The number of primary amides is 1. The molecule has 0 atom stereocenters. The average Bonchev–Trinajstić information content (AvgIpc) is 2.78. The van der Waals surface area contributed by atoms with Crippen LogP contribution in [-0.2, 0) is 9.59 Å². The molecule has 0 unspecified atom stereocenters. The van der Waals surface area contributed by atoms with Crippen molar-refractivity contribution in [1.29, 1.82) is 0 Å². The average molecular weight is 455 g/mol. The Morgan fingerprint density at radius 1 is 1.06 bits per heavy atom. The van der Waals surface area contributed by atoms with Crippen molar-refractivity contribution in [2.75, 3.05) is 29.1 Å². The Bertz CT molecular complexity index is 954. The molecule has 0 aliphatic carbocycles. The highest BCUT2D eigenvalue weighted by Crippen LogP contribution is 2.26. The van der Waals surface area contributed by atoms with Crippen molar-refractivity contribution in [3.63, 3.8) is 0 Å². The summed E-state index contributed by atoms with van der Waals surface area (Å²) in [6.45, 7) is 5.40. The summed E-state index contributed by atoms with van der Waals surface area (Å²) in [5, 5.41) is 5.79. The molecule has 2 aromatic rings. The number of anilines is 2. The smallest absolute Gasteiger partial charge is 0.256 e. The van der Waals surface area contributed by atoms with Gasteiger partial charge in [-0.15, -0.1) is 11.8 Å². The van der Waals surface area contributed by atoms with E-state index in [1.54, 1.807) is 6.07 Å². The van der Waals surface area contributed by atoms with Gasteiger partial charge in [0.15, 0.2) is 0 Å². The molecule has 0 bridgehead atoms. The lowest BCUT2D eigenvalue weighted by molar-refractivity contribution is -0.122. The molecule has 0 spiro atoms. The predicted octanol–water partition coefficient (Wildman–Crippen LogP) is 3.26. The fraction of sp³-hybridized carbons (Fsp3) is 0.375. The minimum atomic E-state index is -0.221. The second kappa shape index (κ2) is 11.0. The Balaban J connectivity index is 1.59. The van der Waals surface area contributed by atoms with Crippen LogP contribution < -0.4 is 21.3 Å². The van der Waals surface area contributed by atoms with E-state index in [0.29, 0.717) is 11.3 Å². The maximum atomic E-state index is 12.9. The van der Waals surface area contributed by atoms with E-state index >= 15 is 0 Å². The second-order valence-electron chi connectivity index (χ2n) is 8.17. The molecule has 1 aliphatic rings. The molecule has 4 N–H and O–H groups in total. The molecule has 32 heavy (non-hydrogen) atoms. The number of rotatable bonds is 8. The molecule has 1 saturated heterocycles. The van der Waals surface area contributed by atoms with Crippen molar-refractivity contribution in [3.05, 3.63) is 54.1 Å². The van der Waals surface area contributed by atoms with Crippen LogP contribution in [0.5, 0.6) is 0 Å². The number of hydrogen-bond donors (Lipinski definition) is 3. The van der Waals surface area contributed by atoms with Gasteiger partial charge in [0.2, 0.25) is 11.8 Å². The highest BCUT2D eigenvalue weighted by Gasteiger charge is 2.23. The van der Waals surface area contributed by atoms with Crippen LogP contribution in [0.15, 0.2) is 53.4 Å². The third-order valence-electron chi connectivity index (χ3n) is 5.33. The summed E-state index contributed by atoms with van der Waals surface area (Å²) in [5.74, 6) is -0.284. The van der Waals surface area contributed by atoms with Crippen LogP contribution in [0.3, 0.4) is 0 Å². The number of nitrogens with zero attached hydrogens (tertiary/aromatic N) is 1. The molecular weight excluding hydrogens is 424 g/mol. The minimum absolute atomic E-state index is 0.0424. The number of piperidine rings is 1. The van der Waals surface area contributed by atoms with Crippen molar-refractivity contribution >= 4 is 40.9 Å². The van der Waals surface area contributed by atoms with Gasteiger partial charge < -0.3 is 21.3 Å². The Hall–Kier alpha value is -3.00. The molecule has 2 aromatic carbocycles. The van der Waals surface area contributed by atoms with Gasteiger partial charge >= 0.3 is 0 Å². The number of nitrogens with one attached hydrogen (secondary N) is 2. The number of benzene rings is 2. The molecule has 8 heteroatoms. The molecule has 1 aliphatic heterocycles. The first kappa shape index (κ1) is 23.7. The number of thioether (sulfide) groups is 1. The minimum Gasteiger partial charge on any atom is -0.371 e. The number of hydrogen-bond acceptors (Lipinski definition) is 5. The van der Waals surface area contributed by atoms with Crippen molar-refractivity contribution in [2.24, 2.45) is 11.7 Å². The quantitative estimate of drug-likeness (QED) is 0.531. The lowest BCUT2D eigenvalue weighted by atomic mass is 9.96. The monoisotopic (exact) mass is 454 g/mol. The fourth-order valence-corrected chi connectivity index (χ4v) is 4.52. The summed E-state index contributed by atoms with van der Waals surface area (Å²) in [6, 6.07) is 15.0. The van der Waals surface area contributed by atoms with E-state index in [2.05, 4.69) is 15.5 Å². The van der Waals surface area contributed by atoms with Gasteiger partial charge in [0.25, 0.3) is 5.91 Å². The largest absolute Gasteiger partial charge is 0.371 e. The lowest BCUT2D eigenvalue weighted by Crippen LogP contribution is -2.38. The molecule has 0 aromatic heterocycles. The zero-order chi connectivity index (χ0) is 23.1. The molecular formula is C24H30N4O3S. The molecule has 0 radical (unpaired) electrons. The Kier molecular flexibility index (Phi) is 8.16. The SMILES string of the molecule is CC(C)NC(=O)CSc1ccccc1C(=O)Nc1ccc(N2CCC(C(N)=O)CC2)cc1. The van der Waals surface area contributed by atoms with Crippen molar-refractivity contribution < 1.29 is 14.4 Å². The van der Waals surface area contributed by atoms with E-state index in [-0.39, 0.29) is 35.4 Å². The zero-order valence-electron chi connectivity index (χ0n) is 18.5. The highest BCUT2D eigenvalue weighted by atomic mass is 32.2. The molecule has 7 nitrogen and oxygen atoms in total. The van der Waals surface area contributed by atoms with Crippen LogP contribution in [0.2, 0.25) is 0 Å². The molecule has 1 heterocycles. The van der Waals surface area contributed by atoms with Gasteiger partial charge in [-0.3, -0.25) is 14.4 Å². The molecule has 170 valence electrons. The summed E-state index contributed by atoms with van der Waals surface area (Å²) in [5.41, 5.74) is 7.70. The predicted molar refractivity (Wildman–Crippen MR) is 129 cm³/mol. The van der Waals surface area contributed by atoms with Gasteiger partial charge in [0.05, 0.1) is 11.3 Å². The molecule has 3 amide bonds. The zero-order valence-corrected chi connectivity index (χ0v) is 19.3. The maximum absolute atomic E-state index is 12.9. The van der Waals surface area contributed by atoms with Crippen molar-refractivity contribution in [2.45, 2.75) is 37.6 Å². The Morgan fingerprint density at radius 3 is 2.34 bits per heavy atom.